The minimum absolute atomic E-state index is 0.730. The smallest absolute Gasteiger partial charge is 0.227 e. The molecule has 0 amide bonds. The first-order chi connectivity index (χ1) is 7.72. The molecular weight excluding hydrogens is 202 g/mol. The van der Waals surface area contributed by atoms with Gasteiger partial charge < -0.3 is 10.3 Å². The van der Waals surface area contributed by atoms with E-state index in [1.165, 1.54) is 19.3 Å². The van der Waals surface area contributed by atoms with E-state index in [0.29, 0.717) is 0 Å². The highest BCUT2D eigenvalue weighted by Crippen LogP contribution is 2.21. The van der Waals surface area contributed by atoms with Gasteiger partial charge in [0.1, 0.15) is 5.82 Å². The van der Waals surface area contributed by atoms with Crippen LogP contribution >= 0.6 is 0 Å². The molecule has 1 aliphatic heterocycles. The summed E-state index contributed by atoms with van der Waals surface area (Å²) >= 11 is 0. The molecule has 1 aromatic heterocycles. The summed E-state index contributed by atoms with van der Waals surface area (Å²) in [5.41, 5.74) is 4.64. The maximum Gasteiger partial charge on any atom is 0.227 e. The number of aryl methyl sites for hydroxylation is 1. The molecule has 0 aromatic carbocycles. The average molecular weight is 221 g/mol. The Morgan fingerprint density at radius 3 is 2.44 bits per heavy atom. The number of anilines is 2. The number of nitrogens with two attached hydrogens (primary N) is 1. The van der Waals surface area contributed by atoms with Crippen molar-refractivity contribution in [3.8, 4) is 0 Å². The van der Waals surface area contributed by atoms with Crippen LogP contribution in [0.1, 0.15) is 30.5 Å². The molecule has 3 N–H and O–H groups in total. The number of nitrogens with zero attached hydrogens (tertiary/aromatic N) is 3. The van der Waals surface area contributed by atoms with Crippen molar-refractivity contribution in [2.75, 3.05) is 23.4 Å². The number of hydrogen-bond acceptors (Lipinski definition) is 5. The van der Waals surface area contributed by atoms with Crippen LogP contribution in [0.25, 0.3) is 0 Å². The first-order valence-corrected chi connectivity index (χ1v) is 5.79. The predicted octanol–water partition coefficient (Wildman–Crippen LogP) is 1.37. The van der Waals surface area contributed by atoms with Crippen molar-refractivity contribution in [3.63, 3.8) is 0 Å². The molecule has 1 saturated heterocycles. The van der Waals surface area contributed by atoms with Crippen LogP contribution in [0.2, 0.25) is 0 Å². The van der Waals surface area contributed by atoms with E-state index in [1.807, 2.05) is 13.8 Å². The van der Waals surface area contributed by atoms with Crippen LogP contribution < -0.4 is 16.2 Å². The van der Waals surface area contributed by atoms with Gasteiger partial charge in [-0.2, -0.15) is 4.98 Å². The van der Waals surface area contributed by atoms with E-state index < -0.39 is 0 Å². The predicted molar refractivity (Wildman–Crippen MR) is 65.4 cm³/mol. The van der Waals surface area contributed by atoms with Gasteiger partial charge in [0.05, 0.1) is 0 Å². The van der Waals surface area contributed by atoms with Gasteiger partial charge in [-0.25, -0.2) is 10.8 Å². The van der Waals surface area contributed by atoms with Gasteiger partial charge in [0.15, 0.2) is 0 Å². The molecule has 0 aliphatic carbocycles. The summed E-state index contributed by atoms with van der Waals surface area (Å²) in [6.07, 6.45) is 3.76. The Morgan fingerprint density at radius 2 is 1.81 bits per heavy atom. The lowest BCUT2D eigenvalue weighted by molar-refractivity contribution is 0.567. The van der Waals surface area contributed by atoms with Crippen LogP contribution in [0.15, 0.2) is 0 Å². The van der Waals surface area contributed by atoms with E-state index in [1.54, 1.807) is 0 Å². The largest absolute Gasteiger partial charge is 0.341 e. The molecule has 0 bridgehead atoms. The third kappa shape index (κ3) is 2.09. The van der Waals surface area contributed by atoms with Crippen LogP contribution in [0.3, 0.4) is 0 Å². The summed E-state index contributed by atoms with van der Waals surface area (Å²) in [5.74, 6) is 6.99. The maximum absolute atomic E-state index is 5.46. The SMILES string of the molecule is Cc1nc(N2CCCCC2)nc(NN)c1C. The van der Waals surface area contributed by atoms with Crippen molar-refractivity contribution in [1.82, 2.24) is 9.97 Å². The zero-order valence-electron chi connectivity index (χ0n) is 9.95. The Morgan fingerprint density at radius 1 is 1.12 bits per heavy atom. The Hall–Kier alpha value is -1.36. The highest BCUT2D eigenvalue weighted by atomic mass is 15.3. The molecule has 2 heterocycles. The second-order valence-corrected chi connectivity index (χ2v) is 4.27. The Kier molecular flexibility index (Phi) is 3.24. The summed E-state index contributed by atoms with van der Waals surface area (Å²) in [6, 6.07) is 0. The first-order valence-electron chi connectivity index (χ1n) is 5.79. The van der Waals surface area contributed by atoms with E-state index in [-0.39, 0.29) is 0 Å². The number of nitrogen functional groups attached to an aromatic ring is 1. The zero-order chi connectivity index (χ0) is 11.5. The van der Waals surface area contributed by atoms with Crippen molar-refractivity contribution >= 4 is 11.8 Å². The number of hydrogen-bond donors (Lipinski definition) is 2. The van der Waals surface area contributed by atoms with E-state index in [4.69, 9.17) is 5.84 Å². The zero-order valence-corrected chi connectivity index (χ0v) is 9.95. The topological polar surface area (TPSA) is 67.1 Å². The molecule has 1 aromatic rings. The number of piperidine rings is 1. The molecule has 1 fully saturated rings. The fraction of sp³-hybridized carbons (Fsp3) is 0.636. The van der Waals surface area contributed by atoms with Gasteiger partial charge in [0.25, 0.3) is 0 Å². The summed E-state index contributed by atoms with van der Waals surface area (Å²) in [4.78, 5) is 11.2. The third-order valence-corrected chi connectivity index (χ3v) is 3.15. The van der Waals surface area contributed by atoms with Gasteiger partial charge in [0.2, 0.25) is 5.95 Å². The fourth-order valence-corrected chi connectivity index (χ4v) is 1.99. The van der Waals surface area contributed by atoms with E-state index in [2.05, 4.69) is 20.3 Å². The normalized spacial score (nSPS) is 16.3. The molecule has 0 spiro atoms. The lowest BCUT2D eigenvalue weighted by Gasteiger charge is -2.27. The number of rotatable bonds is 2. The lowest BCUT2D eigenvalue weighted by atomic mass is 10.1. The van der Waals surface area contributed by atoms with E-state index >= 15 is 0 Å². The first kappa shape index (κ1) is 11.1. The van der Waals surface area contributed by atoms with Crippen molar-refractivity contribution in [2.45, 2.75) is 33.1 Å². The highest BCUT2D eigenvalue weighted by Gasteiger charge is 2.15. The van der Waals surface area contributed by atoms with Crippen molar-refractivity contribution in [2.24, 2.45) is 5.84 Å². The minimum Gasteiger partial charge on any atom is -0.341 e. The minimum atomic E-state index is 0.730. The molecule has 2 rings (SSSR count). The second-order valence-electron chi connectivity index (χ2n) is 4.27. The van der Waals surface area contributed by atoms with Crippen LogP contribution in [-0.2, 0) is 0 Å². The van der Waals surface area contributed by atoms with Gasteiger partial charge in [-0.3, -0.25) is 0 Å². The number of hydrazine groups is 1. The molecule has 0 saturated carbocycles. The lowest BCUT2D eigenvalue weighted by Crippen LogP contribution is -2.31. The van der Waals surface area contributed by atoms with Crippen LogP contribution in [-0.4, -0.2) is 23.1 Å². The molecular formula is C11H19N5. The highest BCUT2D eigenvalue weighted by molar-refractivity contribution is 5.49. The summed E-state index contributed by atoms with van der Waals surface area (Å²) in [6.45, 7) is 6.06. The van der Waals surface area contributed by atoms with E-state index in [0.717, 1.165) is 36.1 Å². The fourth-order valence-electron chi connectivity index (χ4n) is 1.99. The molecule has 0 radical (unpaired) electrons. The summed E-state index contributed by atoms with van der Waals surface area (Å²) in [7, 11) is 0. The van der Waals surface area contributed by atoms with Gasteiger partial charge in [-0.1, -0.05) is 0 Å². The molecule has 88 valence electrons. The van der Waals surface area contributed by atoms with Gasteiger partial charge in [-0.15, -0.1) is 0 Å². The molecule has 5 nitrogen and oxygen atoms in total. The summed E-state index contributed by atoms with van der Waals surface area (Å²) in [5, 5.41) is 0. The molecule has 0 atom stereocenters. The molecule has 0 unspecified atom stereocenters. The Labute approximate surface area is 96.0 Å². The van der Waals surface area contributed by atoms with E-state index in [9.17, 15) is 0 Å². The van der Waals surface area contributed by atoms with Crippen LogP contribution in [0.5, 0.6) is 0 Å². The molecule has 1 aliphatic rings. The summed E-state index contributed by atoms with van der Waals surface area (Å²) < 4.78 is 0. The Bertz CT molecular complexity index is 371. The van der Waals surface area contributed by atoms with Gasteiger partial charge in [0, 0.05) is 24.3 Å². The van der Waals surface area contributed by atoms with Crippen LogP contribution in [0.4, 0.5) is 11.8 Å². The number of aromatic nitrogens is 2. The van der Waals surface area contributed by atoms with Crippen molar-refractivity contribution in [3.05, 3.63) is 11.3 Å². The van der Waals surface area contributed by atoms with Gasteiger partial charge >= 0.3 is 0 Å². The quantitative estimate of drug-likeness (QED) is 0.583. The maximum atomic E-state index is 5.46. The van der Waals surface area contributed by atoms with Crippen LogP contribution in [0, 0.1) is 13.8 Å². The third-order valence-electron chi connectivity index (χ3n) is 3.15. The van der Waals surface area contributed by atoms with Gasteiger partial charge in [-0.05, 0) is 33.1 Å². The molecule has 5 heteroatoms. The van der Waals surface area contributed by atoms with Crippen molar-refractivity contribution in [1.29, 1.82) is 0 Å². The van der Waals surface area contributed by atoms with Crippen molar-refractivity contribution < 1.29 is 0 Å². The Balaban J connectivity index is 2.29. The molecule has 16 heavy (non-hydrogen) atoms. The number of nitrogens with one attached hydrogen (secondary N) is 1. The average Bonchev–Trinajstić information content (AvgIpc) is 2.33. The standard InChI is InChI=1S/C11H19N5/c1-8-9(2)13-11(14-10(8)15-12)16-6-4-3-5-7-16/h3-7,12H2,1-2H3,(H,13,14,15). The monoisotopic (exact) mass is 221 g/mol. The second kappa shape index (κ2) is 4.65.